The number of carboxylic acids is 1. The van der Waals surface area contributed by atoms with E-state index < -0.39 is 11.9 Å². The van der Waals surface area contributed by atoms with Crippen LogP contribution < -0.4 is 0 Å². The number of benzene rings is 2. The molecule has 1 atom stereocenters. The van der Waals surface area contributed by atoms with Gasteiger partial charge in [-0.05, 0) is 29.7 Å². The lowest BCUT2D eigenvalue weighted by Gasteiger charge is -2.12. The molecular weight excluding hydrogens is 231 g/mol. The fraction of sp³-hybridized carbons (Fsp3) is 0.133. The van der Waals surface area contributed by atoms with Crippen molar-refractivity contribution in [2.24, 2.45) is 0 Å². The molecule has 0 radical (unpaired) electrons. The van der Waals surface area contributed by atoms with Gasteiger partial charge in [-0.2, -0.15) is 0 Å². The number of halogens is 1. The maximum Gasteiger partial charge on any atom is 0.311 e. The number of carboxylic acid groups (broad SMARTS) is 1. The molecule has 0 saturated heterocycles. The third-order valence-electron chi connectivity index (χ3n) is 2.85. The van der Waals surface area contributed by atoms with Crippen LogP contribution in [0, 0.1) is 5.82 Å². The zero-order valence-electron chi connectivity index (χ0n) is 9.71. The molecular formula is C15H13FO2. The van der Waals surface area contributed by atoms with Crippen molar-refractivity contribution in [3.63, 3.8) is 0 Å². The van der Waals surface area contributed by atoms with Gasteiger partial charge in [-0.1, -0.05) is 42.5 Å². The van der Waals surface area contributed by atoms with Gasteiger partial charge in [0, 0.05) is 0 Å². The van der Waals surface area contributed by atoms with Crippen molar-refractivity contribution < 1.29 is 14.3 Å². The molecule has 0 spiro atoms. The third-order valence-corrected chi connectivity index (χ3v) is 2.85. The first-order chi connectivity index (χ1) is 8.66. The van der Waals surface area contributed by atoms with Gasteiger partial charge in [0.05, 0.1) is 5.92 Å². The summed E-state index contributed by atoms with van der Waals surface area (Å²) in [5.74, 6) is -1.90. The van der Waals surface area contributed by atoms with Crippen molar-refractivity contribution in [1.82, 2.24) is 0 Å². The molecule has 3 heteroatoms. The number of aliphatic carboxylic acids is 1. The normalized spacial score (nSPS) is 12.1. The summed E-state index contributed by atoms with van der Waals surface area (Å²) in [5.41, 5.74) is 1.57. The van der Waals surface area contributed by atoms with E-state index in [-0.39, 0.29) is 5.82 Å². The van der Waals surface area contributed by atoms with Gasteiger partial charge < -0.3 is 5.11 Å². The van der Waals surface area contributed by atoms with Gasteiger partial charge in [0.25, 0.3) is 0 Å². The van der Waals surface area contributed by atoms with Crippen molar-refractivity contribution in [3.05, 3.63) is 71.5 Å². The Bertz CT molecular complexity index is 520. The molecule has 2 rings (SSSR count). The molecule has 0 bridgehead atoms. The minimum absolute atomic E-state index is 0.359. The second kappa shape index (κ2) is 5.45. The van der Waals surface area contributed by atoms with Crippen LogP contribution in [-0.4, -0.2) is 11.1 Å². The lowest BCUT2D eigenvalue weighted by molar-refractivity contribution is -0.138. The van der Waals surface area contributed by atoms with Crippen molar-refractivity contribution in [1.29, 1.82) is 0 Å². The van der Waals surface area contributed by atoms with E-state index in [0.717, 1.165) is 5.56 Å². The first-order valence-corrected chi connectivity index (χ1v) is 5.69. The van der Waals surface area contributed by atoms with Crippen molar-refractivity contribution in [3.8, 4) is 0 Å². The standard InChI is InChI=1S/C15H13FO2/c16-13-8-6-12(7-9-13)14(15(17)18)10-11-4-2-1-3-5-11/h1-9,14H,10H2,(H,17,18). The van der Waals surface area contributed by atoms with Crippen LogP contribution in [0.15, 0.2) is 54.6 Å². The van der Waals surface area contributed by atoms with Crippen LogP contribution in [0.2, 0.25) is 0 Å². The number of hydrogen-bond donors (Lipinski definition) is 1. The molecule has 0 saturated carbocycles. The molecule has 2 aromatic carbocycles. The van der Waals surface area contributed by atoms with Crippen LogP contribution in [0.5, 0.6) is 0 Å². The average molecular weight is 244 g/mol. The summed E-state index contributed by atoms with van der Waals surface area (Å²) in [6, 6.07) is 15.0. The van der Waals surface area contributed by atoms with Crippen molar-refractivity contribution in [2.75, 3.05) is 0 Å². The highest BCUT2D eigenvalue weighted by Crippen LogP contribution is 2.21. The Kier molecular flexibility index (Phi) is 3.72. The summed E-state index contributed by atoms with van der Waals surface area (Å²) in [4.78, 5) is 11.3. The lowest BCUT2D eigenvalue weighted by atomic mass is 9.92. The highest BCUT2D eigenvalue weighted by atomic mass is 19.1. The summed E-state index contributed by atoms with van der Waals surface area (Å²) >= 11 is 0. The fourth-order valence-electron chi connectivity index (χ4n) is 1.89. The highest BCUT2D eigenvalue weighted by molar-refractivity contribution is 5.76. The second-order valence-electron chi connectivity index (χ2n) is 4.13. The average Bonchev–Trinajstić information content (AvgIpc) is 2.38. The van der Waals surface area contributed by atoms with E-state index >= 15 is 0 Å². The molecule has 2 nitrogen and oxygen atoms in total. The van der Waals surface area contributed by atoms with Gasteiger partial charge in [0.1, 0.15) is 5.82 Å². The van der Waals surface area contributed by atoms with E-state index in [1.54, 1.807) is 0 Å². The number of carbonyl (C=O) groups is 1. The summed E-state index contributed by atoms with van der Waals surface area (Å²) in [6.07, 6.45) is 0.405. The first kappa shape index (κ1) is 12.3. The van der Waals surface area contributed by atoms with Crippen molar-refractivity contribution >= 4 is 5.97 Å². The molecule has 1 unspecified atom stereocenters. The lowest BCUT2D eigenvalue weighted by Crippen LogP contribution is -2.14. The Hall–Kier alpha value is -2.16. The highest BCUT2D eigenvalue weighted by Gasteiger charge is 2.20. The van der Waals surface area contributed by atoms with E-state index in [1.165, 1.54) is 24.3 Å². The molecule has 0 aromatic heterocycles. The molecule has 0 aliphatic heterocycles. The number of rotatable bonds is 4. The largest absolute Gasteiger partial charge is 0.481 e. The Balaban J connectivity index is 2.24. The molecule has 18 heavy (non-hydrogen) atoms. The van der Waals surface area contributed by atoms with Gasteiger partial charge >= 0.3 is 5.97 Å². The second-order valence-corrected chi connectivity index (χ2v) is 4.13. The number of hydrogen-bond acceptors (Lipinski definition) is 1. The summed E-state index contributed by atoms with van der Waals surface area (Å²) in [7, 11) is 0. The summed E-state index contributed by atoms with van der Waals surface area (Å²) < 4.78 is 12.8. The Morgan fingerprint density at radius 1 is 1.06 bits per heavy atom. The predicted octanol–water partition coefficient (Wildman–Crippen LogP) is 3.24. The van der Waals surface area contributed by atoms with Crippen LogP contribution in [0.4, 0.5) is 4.39 Å². The van der Waals surface area contributed by atoms with Crippen LogP contribution >= 0.6 is 0 Å². The van der Waals surface area contributed by atoms with Gasteiger partial charge in [-0.25, -0.2) is 4.39 Å². The van der Waals surface area contributed by atoms with E-state index in [0.29, 0.717) is 12.0 Å². The van der Waals surface area contributed by atoms with Gasteiger partial charge in [-0.15, -0.1) is 0 Å². The Morgan fingerprint density at radius 2 is 1.67 bits per heavy atom. The third kappa shape index (κ3) is 2.94. The molecule has 2 aromatic rings. The van der Waals surface area contributed by atoms with Crippen molar-refractivity contribution in [2.45, 2.75) is 12.3 Å². The van der Waals surface area contributed by atoms with E-state index in [9.17, 15) is 14.3 Å². The van der Waals surface area contributed by atoms with Gasteiger partial charge in [0.15, 0.2) is 0 Å². The molecule has 0 aliphatic rings. The Morgan fingerprint density at radius 3 is 2.22 bits per heavy atom. The maximum atomic E-state index is 12.8. The summed E-state index contributed by atoms with van der Waals surface area (Å²) in [5, 5.41) is 9.26. The molecule has 92 valence electrons. The predicted molar refractivity (Wildman–Crippen MR) is 66.9 cm³/mol. The van der Waals surface area contributed by atoms with Crippen LogP contribution in [0.25, 0.3) is 0 Å². The molecule has 0 fully saturated rings. The van der Waals surface area contributed by atoms with Gasteiger partial charge in [0.2, 0.25) is 0 Å². The van der Waals surface area contributed by atoms with E-state index in [1.807, 2.05) is 30.3 Å². The smallest absolute Gasteiger partial charge is 0.311 e. The van der Waals surface area contributed by atoms with Crippen LogP contribution in [0.3, 0.4) is 0 Å². The topological polar surface area (TPSA) is 37.3 Å². The zero-order valence-corrected chi connectivity index (χ0v) is 9.71. The van der Waals surface area contributed by atoms with Crippen LogP contribution in [0.1, 0.15) is 17.0 Å². The monoisotopic (exact) mass is 244 g/mol. The first-order valence-electron chi connectivity index (χ1n) is 5.69. The Labute approximate surface area is 105 Å². The molecule has 0 heterocycles. The van der Waals surface area contributed by atoms with E-state index in [4.69, 9.17) is 0 Å². The quantitative estimate of drug-likeness (QED) is 0.896. The van der Waals surface area contributed by atoms with Gasteiger partial charge in [-0.3, -0.25) is 4.79 Å². The molecule has 0 amide bonds. The molecule has 1 N–H and O–H groups in total. The minimum Gasteiger partial charge on any atom is -0.481 e. The van der Waals surface area contributed by atoms with E-state index in [2.05, 4.69) is 0 Å². The fourth-order valence-corrected chi connectivity index (χ4v) is 1.89. The zero-order chi connectivity index (χ0) is 13.0. The SMILES string of the molecule is O=C(O)C(Cc1ccccc1)c1ccc(F)cc1. The molecule has 0 aliphatic carbocycles. The summed E-state index contributed by atoms with van der Waals surface area (Å²) in [6.45, 7) is 0. The van der Waals surface area contributed by atoms with Crippen LogP contribution in [-0.2, 0) is 11.2 Å². The maximum absolute atomic E-state index is 12.8. The minimum atomic E-state index is -0.898.